The standard InChI is InChI=1S/C8H15F2N/c1-7(2)4-5-11(3)6-8(9)10/h8H,1,4-6H2,2-3H3. The molecule has 11 heavy (non-hydrogen) atoms. The molecule has 0 bridgehead atoms. The van der Waals surface area contributed by atoms with Crippen LogP contribution in [-0.2, 0) is 0 Å². The highest BCUT2D eigenvalue weighted by atomic mass is 19.3. The van der Waals surface area contributed by atoms with Crippen molar-refractivity contribution in [1.29, 1.82) is 0 Å². The first-order valence-electron chi connectivity index (χ1n) is 3.63. The van der Waals surface area contributed by atoms with Crippen molar-refractivity contribution in [3.05, 3.63) is 12.2 Å². The minimum absolute atomic E-state index is 0.146. The first-order valence-corrected chi connectivity index (χ1v) is 3.63. The van der Waals surface area contributed by atoms with E-state index < -0.39 is 6.43 Å². The van der Waals surface area contributed by atoms with Gasteiger partial charge in [-0.3, -0.25) is 0 Å². The van der Waals surface area contributed by atoms with E-state index in [2.05, 4.69) is 6.58 Å². The average Bonchev–Trinajstić information content (AvgIpc) is 1.82. The molecule has 0 aromatic rings. The topological polar surface area (TPSA) is 3.24 Å². The molecular formula is C8H15F2N. The van der Waals surface area contributed by atoms with Crippen LogP contribution in [-0.4, -0.2) is 31.5 Å². The molecule has 3 heteroatoms. The molecule has 0 fully saturated rings. The molecule has 0 N–H and O–H groups in total. The summed E-state index contributed by atoms with van der Waals surface area (Å²) in [5, 5.41) is 0. The second-order valence-electron chi connectivity index (χ2n) is 2.86. The smallest absolute Gasteiger partial charge is 0.251 e. The van der Waals surface area contributed by atoms with Gasteiger partial charge in [0.25, 0.3) is 6.43 Å². The summed E-state index contributed by atoms with van der Waals surface area (Å²) in [7, 11) is 1.69. The molecule has 0 saturated heterocycles. The van der Waals surface area contributed by atoms with Gasteiger partial charge in [0.2, 0.25) is 0 Å². The quantitative estimate of drug-likeness (QED) is 0.561. The minimum atomic E-state index is -2.23. The molecule has 0 aliphatic rings. The van der Waals surface area contributed by atoms with E-state index >= 15 is 0 Å². The summed E-state index contributed by atoms with van der Waals surface area (Å²) in [4.78, 5) is 1.61. The van der Waals surface area contributed by atoms with Crippen LogP contribution in [0.3, 0.4) is 0 Å². The van der Waals surface area contributed by atoms with Crippen LogP contribution in [0.1, 0.15) is 13.3 Å². The van der Waals surface area contributed by atoms with Crippen molar-refractivity contribution in [3.8, 4) is 0 Å². The molecule has 0 saturated carbocycles. The summed E-state index contributed by atoms with van der Waals surface area (Å²) in [6.07, 6.45) is -1.44. The fourth-order valence-electron chi connectivity index (χ4n) is 0.709. The summed E-state index contributed by atoms with van der Waals surface area (Å²) in [5.74, 6) is 0. The Kier molecular flexibility index (Phi) is 5.03. The van der Waals surface area contributed by atoms with Gasteiger partial charge in [-0.2, -0.15) is 0 Å². The summed E-state index contributed by atoms with van der Waals surface area (Å²) in [6, 6.07) is 0. The third-order valence-electron chi connectivity index (χ3n) is 1.37. The first kappa shape index (κ1) is 10.6. The van der Waals surface area contributed by atoms with E-state index in [4.69, 9.17) is 0 Å². The lowest BCUT2D eigenvalue weighted by Crippen LogP contribution is -2.25. The van der Waals surface area contributed by atoms with Gasteiger partial charge in [0.1, 0.15) is 0 Å². The minimum Gasteiger partial charge on any atom is -0.301 e. The van der Waals surface area contributed by atoms with Gasteiger partial charge < -0.3 is 4.90 Å². The number of rotatable bonds is 5. The van der Waals surface area contributed by atoms with Gasteiger partial charge in [-0.05, 0) is 20.4 Å². The van der Waals surface area contributed by atoms with Crippen LogP contribution in [0.4, 0.5) is 8.78 Å². The molecule has 0 aliphatic carbocycles. The molecule has 0 aromatic heterocycles. The van der Waals surface area contributed by atoms with Crippen molar-refractivity contribution < 1.29 is 8.78 Å². The van der Waals surface area contributed by atoms with Gasteiger partial charge in [0.15, 0.2) is 0 Å². The Bertz CT molecular complexity index is 123. The van der Waals surface area contributed by atoms with E-state index in [1.807, 2.05) is 6.92 Å². The normalized spacial score (nSPS) is 11.1. The molecule has 1 nitrogen and oxygen atoms in total. The maximum absolute atomic E-state index is 11.7. The third kappa shape index (κ3) is 7.46. The van der Waals surface area contributed by atoms with E-state index in [9.17, 15) is 8.78 Å². The Labute approximate surface area is 66.7 Å². The highest BCUT2D eigenvalue weighted by molar-refractivity contribution is 4.88. The zero-order valence-electron chi connectivity index (χ0n) is 7.11. The van der Waals surface area contributed by atoms with Crippen molar-refractivity contribution in [1.82, 2.24) is 4.90 Å². The molecule has 0 unspecified atom stereocenters. The number of alkyl halides is 2. The molecule has 0 aliphatic heterocycles. The second-order valence-corrected chi connectivity index (χ2v) is 2.86. The Morgan fingerprint density at radius 3 is 2.45 bits per heavy atom. The SMILES string of the molecule is C=C(C)CCN(C)CC(F)F. The van der Waals surface area contributed by atoms with Gasteiger partial charge >= 0.3 is 0 Å². The lowest BCUT2D eigenvalue weighted by molar-refractivity contribution is 0.101. The third-order valence-corrected chi connectivity index (χ3v) is 1.37. The van der Waals surface area contributed by atoms with Crippen LogP contribution in [0.25, 0.3) is 0 Å². The summed E-state index contributed by atoms with van der Waals surface area (Å²) in [6.45, 7) is 6.11. The van der Waals surface area contributed by atoms with Crippen LogP contribution >= 0.6 is 0 Å². The van der Waals surface area contributed by atoms with Crippen molar-refractivity contribution >= 4 is 0 Å². The predicted octanol–water partition coefficient (Wildman–Crippen LogP) is 2.15. The van der Waals surface area contributed by atoms with Crippen LogP contribution in [0.2, 0.25) is 0 Å². The molecule has 0 atom stereocenters. The zero-order valence-corrected chi connectivity index (χ0v) is 7.11. The van der Waals surface area contributed by atoms with Crippen LogP contribution in [0.15, 0.2) is 12.2 Å². The molecule has 0 spiro atoms. The second kappa shape index (κ2) is 5.24. The number of nitrogens with zero attached hydrogens (tertiary/aromatic N) is 1. The van der Waals surface area contributed by atoms with Crippen LogP contribution in [0.5, 0.6) is 0 Å². The van der Waals surface area contributed by atoms with Gasteiger partial charge in [-0.25, -0.2) is 8.78 Å². The Morgan fingerprint density at radius 1 is 1.55 bits per heavy atom. The largest absolute Gasteiger partial charge is 0.301 e. The Balaban J connectivity index is 3.37. The molecule has 0 radical (unpaired) electrons. The van der Waals surface area contributed by atoms with Gasteiger partial charge in [0, 0.05) is 6.54 Å². The number of hydrogen-bond donors (Lipinski definition) is 0. The van der Waals surface area contributed by atoms with Crippen molar-refractivity contribution in [3.63, 3.8) is 0 Å². The van der Waals surface area contributed by atoms with Crippen LogP contribution < -0.4 is 0 Å². The first-order chi connectivity index (χ1) is 5.02. The average molecular weight is 163 g/mol. The van der Waals surface area contributed by atoms with E-state index in [-0.39, 0.29) is 6.54 Å². The summed E-state index contributed by atoms with van der Waals surface area (Å²) >= 11 is 0. The molecule has 0 amide bonds. The predicted molar refractivity (Wildman–Crippen MR) is 42.9 cm³/mol. The lowest BCUT2D eigenvalue weighted by atomic mass is 10.2. The highest BCUT2D eigenvalue weighted by Gasteiger charge is 2.06. The van der Waals surface area contributed by atoms with E-state index in [0.717, 1.165) is 12.0 Å². The summed E-state index contributed by atoms with van der Waals surface area (Å²) in [5.41, 5.74) is 1.03. The van der Waals surface area contributed by atoms with Crippen LogP contribution in [0, 0.1) is 0 Å². The van der Waals surface area contributed by atoms with Crippen molar-refractivity contribution in [2.75, 3.05) is 20.1 Å². The Hall–Kier alpha value is -0.440. The maximum Gasteiger partial charge on any atom is 0.251 e. The monoisotopic (exact) mass is 163 g/mol. The summed E-state index contributed by atoms with van der Waals surface area (Å²) < 4.78 is 23.5. The van der Waals surface area contributed by atoms with Crippen molar-refractivity contribution in [2.45, 2.75) is 19.8 Å². The van der Waals surface area contributed by atoms with Gasteiger partial charge in [-0.1, -0.05) is 5.57 Å². The van der Waals surface area contributed by atoms with E-state index in [1.165, 1.54) is 0 Å². The molecular weight excluding hydrogens is 148 g/mol. The fourth-order valence-corrected chi connectivity index (χ4v) is 0.709. The van der Waals surface area contributed by atoms with Gasteiger partial charge in [0.05, 0.1) is 6.54 Å². The number of halogens is 2. The van der Waals surface area contributed by atoms with E-state index in [1.54, 1.807) is 11.9 Å². The maximum atomic E-state index is 11.7. The van der Waals surface area contributed by atoms with Crippen molar-refractivity contribution in [2.24, 2.45) is 0 Å². The molecule has 0 heterocycles. The fraction of sp³-hybridized carbons (Fsp3) is 0.750. The van der Waals surface area contributed by atoms with E-state index in [0.29, 0.717) is 6.54 Å². The number of hydrogen-bond acceptors (Lipinski definition) is 1. The highest BCUT2D eigenvalue weighted by Crippen LogP contribution is 2.00. The molecule has 0 rings (SSSR count). The Morgan fingerprint density at radius 2 is 2.09 bits per heavy atom. The zero-order chi connectivity index (χ0) is 8.85. The van der Waals surface area contributed by atoms with Gasteiger partial charge in [-0.15, -0.1) is 6.58 Å². The lowest BCUT2D eigenvalue weighted by Gasteiger charge is -2.15. The molecule has 66 valence electrons. The molecule has 0 aromatic carbocycles.